The van der Waals surface area contributed by atoms with Crippen LogP contribution in [0.1, 0.15) is 37.0 Å². The fraction of sp³-hybridized carbons (Fsp3) is 0.387. The molecule has 3 rings (SSSR count). The molecule has 0 aliphatic heterocycles. The number of hydrogen-bond acceptors (Lipinski definition) is 6. The van der Waals surface area contributed by atoms with Crippen molar-refractivity contribution in [2.45, 2.75) is 61.3 Å². The number of rotatable bonds is 12. The summed E-state index contributed by atoms with van der Waals surface area (Å²) in [5, 5.41) is 13.2. The zero-order valence-corrected chi connectivity index (χ0v) is 25.7. The van der Waals surface area contributed by atoms with Gasteiger partial charge in [0.15, 0.2) is 0 Å². The maximum Gasteiger partial charge on any atom is 0.430 e. The molecule has 0 saturated heterocycles. The van der Waals surface area contributed by atoms with E-state index in [2.05, 4.69) is 10.3 Å². The summed E-state index contributed by atoms with van der Waals surface area (Å²) in [6, 6.07) is 5.66. The van der Waals surface area contributed by atoms with Crippen LogP contribution in [0, 0.1) is 0 Å². The average molecular weight is 658 g/mol. The van der Waals surface area contributed by atoms with E-state index in [4.69, 9.17) is 4.74 Å². The predicted molar refractivity (Wildman–Crippen MR) is 157 cm³/mol. The van der Waals surface area contributed by atoms with Crippen LogP contribution in [0.25, 0.3) is 0 Å². The molecule has 2 N–H and O–H groups in total. The molecular weight excluding hydrogens is 624 g/mol. The normalized spacial score (nSPS) is 16.8. The van der Waals surface area contributed by atoms with Crippen LogP contribution < -0.4 is 10.1 Å². The number of alkyl halides is 6. The summed E-state index contributed by atoms with van der Waals surface area (Å²) in [5.74, 6) is -0.357. The molecule has 0 fully saturated rings. The highest BCUT2D eigenvalue weighted by Gasteiger charge is 2.71. The molecule has 7 nitrogen and oxygen atoms in total. The fourth-order valence-electron chi connectivity index (χ4n) is 4.74. The topological polar surface area (TPSA) is 91.8 Å². The van der Waals surface area contributed by atoms with Crippen molar-refractivity contribution in [2.24, 2.45) is 0 Å². The summed E-state index contributed by atoms with van der Waals surface area (Å²) in [6.07, 6.45) is -0.194. The summed E-state index contributed by atoms with van der Waals surface area (Å²) < 4.78 is 86.6. The van der Waals surface area contributed by atoms with Gasteiger partial charge in [-0.25, -0.2) is 4.98 Å². The number of thioether (sulfide) groups is 1. The second-order valence-electron chi connectivity index (χ2n) is 10.5. The van der Waals surface area contributed by atoms with E-state index in [1.165, 1.54) is 22.9 Å². The highest BCUT2D eigenvalue weighted by Crippen LogP contribution is 2.50. The molecule has 2 aromatic rings. The molecule has 0 spiro atoms. The maximum absolute atomic E-state index is 13.5. The van der Waals surface area contributed by atoms with Gasteiger partial charge in [-0.1, -0.05) is 43.7 Å². The third-order valence-electron chi connectivity index (χ3n) is 7.26. The third kappa shape index (κ3) is 7.72. The van der Waals surface area contributed by atoms with Crippen LogP contribution in [0.3, 0.4) is 0 Å². The summed E-state index contributed by atoms with van der Waals surface area (Å²) >= 11 is 1.43. The minimum atomic E-state index is -6.00. The number of likely N-dealkylation sites (N-methyl/N-ethyl adjacent to an activating group) is 1. The van der Waals surface area contributed by atoms with E-state index >= 15 is 0 Å². The number of aliphatic hydroxyl groups is 1. The molecule has 14 heteroatoms. The van der Waals surface area contributed by atoms with Gasteiger partial charge in [0.05, 0.1) is 5.03 Å². The monoisotopic (exact) mass is 657 g/mol. The molecule has 1 aliphatic carbocycles. The van der Waals surface area contributed by atoms with Gasteiger partial charge in [0, 0.05) is 30.9 Å². The van der Waals surface area contributed by atoms with Gasteiger partial charge in [0.1, 0.15) is 17.4 Å². The number of benzene rings is 1. The number of pyridine rings is 1. The van der Waals surface area contributed by atoms with Crippen LogP contribution in [0.2, 0.25) is 0 Å². The van der Waals surface area contributed by atoms with E-state index in [1.54, 1.807) is 63.4 Å². The number of carbonyl (C=O) groups excluding carboxylic acids is 2. The first kappa shape index (κ1) is 35.7. The summed E-state index contributed by atoms with van der Waals surface area (Å²) in [6.45, 7) is 3.39. The lowest BCUT2D eigenvalue weighted by molar-refractivity contribution is -0.376. The highest BCUT2D eigenvalue weighted by atomic mass is 32.2. The highest BCUT2D eigenvalue weighted by molar-refractivity contribution is 7.98. The predicted octanol–water partition coefficient (Wildman–Crippen LogP) is 5.99. The minimum absolute atomic E-state index is 0.0548. The van der Waals surface area contributed by atoms with Gasteiger partial charge in [-0.05, 0) is 61.1 Å². The number of halogens is 6. The Morgan fingerprint density at radius 2 is 1.78 bits per heavy atom. The lowest BCUT2D eigenvalue weighted by Crippen LogP contribution is -2.53. The van der Waals surface area contributed by atoms with Gasteiger partial charge < -0.3 is 20.1 Å². The molecular formula is C31H33F6N3O4S. The van der Waals surface area contributed by atoms with Crippen molar-refractivity contribution in [1.82, 2.24) is 15.2 Å². The van der Waals surface area contributed by atoms with Gasteiger partial charge >= 0.3 is 12.4 Å². The lowest BCUT2D eigenvalue weighted by Gasteiger charge is -2.33. The number of aromatic nitrogens is 1. The van der Waals surface area contributed by atoms with Crippen molar-refractivity contribution in [3.63, 3.8) is 0 Å². The number of allylic oxidation sites excluding steroid dienone is 2. The van der Waals surface area contributed by atoms with Gasteiger partial charge in [0.25, 0.3) is 11.5 Å². The van der Waals surface area contributed by atoms with Crippen LogP contribution in [-0.2, 0) is 27.1 Å². The Kier molecular flexibility index (Phi) is 11.2. The van der Waals surface area contributed by atoms with Crippen LogP contribution in [0.4, 0.5) is 26.3 Å². The van der Waals surface area contributed by atoms with Crippen molar-refractivity contribution in [3.8, 4) is 5.75 Å². The smallest absolute Gasteiger partial charge is 0.430 e. The van der Waals surface area contributed by atoms with E-state index in [-0.39, 0.29) is 24.3 Å². The third-order valence-corrected chi connectivity index (χ3v) is 7.92. The van der Waals surface area contributed by atoms with Gasteiger partial charge in [-0.15, -0.1) is 11.8 Å². The first-order valence-electron chi connectivity index (χ1n) is 13.7. The molecule has 244 valence electrons. The molecule has 1 aromatic carbocycles. The molecule has 0 bridgehead atoms. The number of aryl methyl sites for hydroxylation is 1. The van der Waals surface area contributed by atoms with Crippen molar-refractivity contribution in [1.29, 1.82) is 0 Å². The Balaban J connectivity index is 1.79. The molecule has 1 heterocycles. The minimum Gasteiger partial charge on any atom is -0.482 e. The van der Waals surface area contributed by atoms with E-state index in [0.29, 0.717) is 36.1 Å². The Labute approximate surface area is 261 Å². The summed E-state index contributed by atoms with van der Waals surface area (Å²) in [4.78, 5) is 30.7. The SMILES string of the molecule is CCCc1cc(C(O)(C(F)(F)F)C(F)(F)F)ccc1OC1C=CC=C(CN(C)C(=O)C(C)(NC=O)c2ccc(SC)nc2)C=C1. The zero-order valence-electron chi connectivity index (χ0n) is 24.9. The molecule has 0 saturated carbocycles. The van der Waals surface area contributed by atoms with Crippen LogP contribution >= 0.6 is 11.8 Å². The molecule has 2 amide bonds. The largest absolute Gasteiger partial charge is 0.482 e. The Morgan fingerprint density at radius 3 is 2.33 bits per heavy atom. The summed E-state index contributed by atoms with van der Waals surface area (Å²) in [7, 11) is 1.57. The number of carbonyl (C=O) groups is 2. The van der Waals surface area contributed by atoms with E-state index in [0.717, 1.165) is 11.1 Å². The quantitative estimate of drug-likeness (QED) is 0.166. The van der Waals surface area contributed by atoms with Crippen molar-refractivity contribution in [2.75, 3.05) is 19.8 Å². The van der Waals surface area contributed by atoms with Gasteiger partial charge in [0.2, 0.25) is 6.41 Å². The van der Waals surface area contributed by atoms with E-state index < -0.39 is 41.1 Å². The maximum atomic E-state index is 13.5. The molecule has 45 heavy (non-hydrogen) atoms. The Hall–Kier alpha value is -3.78. The van der Waals surface area contributed by atoms with Crippen molar-refractivity contribution < 1.29 is 45.8 Å². The lowest BCUT2D eigenvalue weighted by atomic mass is 9.90. The molecule has 2 atom stereocenters. The molecule has 1 aliphatic rings. The average Bonchev–Trinajstić information content (AvgIpc) is 3.20. The first-order chi connectivity index (χ1) is 21.0. The molecule has 2 unspecified atom stereocenters. The summed E-state index contributed by atoms with van der Waals surface area (Å²) in [5.41, 5.74) is -6.58. The molecule has 0 radical (unpaired) electrons. The van der Waals surface area contributed by atoms with Gasteiger partial charge in [-0.3, -0.25) is 9.59 Å². The molecule has 1 aromatic heterocycles. The number of nitrogens with zero attached hydrogens (tertiary/aromatic N) is 2. The number of ether oxygens (including phenoxy) is 1. The van der Waals surface area contributed by atoms with Crippen molar-refractivity contribution >= 4 is 24.1 Å². The van der Waals surface area contributed by atoms with Crippen molar-refractivity contribution in [3.05, 3.63) is 89.2 Å². The fourth-order valence-corrected chi connectivity index (χ4v) is 5.10. The standard InChI is InChI=1S/C31H33F6N3O4S/c1-5-7-21-16-22(29(43,30(32,33)34)31(35,36)37)11-14-25(21)44-24-9-6-8-20(10-13-24)18-40(3)27(42)28(2,39-19-41)23-12-15-26(45-4)38-17-23/h6,8-17,19,24,43H,5,7,18H2,1-4H3,(H,39,41). The number of hydrogen-bond donors (Lipinski definition) is 2. The van der Waals surface area contributed by atoms with Crippen LogP contribution in [-0.4, -0.2) is 65.6 Å². The van der Waals surface area contributed by atoms with Crippen LogP contribution in [0.15, 0.2) is 77.5 Å². The Bertz CT molecular complexity index is 1440. The number of amides is 2. The first-order valence-corrected chi connectivity index (χ1v) is 14.9. The number of nitrogens with one attached hydrogen (secondary N) is 1. The second kappa shape index (κ2) is 14.1. The van der Waals surface area contributed by atoms with E-state index in [9.17, 15) is 41.0 Å². The van der Waals surface area contributed by atoms with Crippen LogP contribution in [0.5, 0.6) is 5.75 Å². The van der Waals surface area contributed by atoms with E-state index in [1.807, 2.05) is 6.26 Å². The Morgan fingerprint density at radius 1 is 1.11 bits per heavy atom. The van der Waals surface area contributed by atoms with Gasteiger partial charge in [-0.2, -0.15) is 26.3 Å². The zero-order chi connectivity index (χ0) is 33.6. The second-order valence-corrected chi connectivity index (χ2v) is 11.3.